The van der Waals surface area contributed by atoms with Crippen LogP contribution in [0, 0.1) is 6.92 Å². The second-order valence-corrected chi connectivity index (χ2v) is 6.11. The van der Waals surface area contributed by atoms with Crippen molar-refractivity contribution in [3.05, 3.63) is 78.0 Å². The molecule has 0 saturated carbocycles. The molecule has 0 atom stereocenters. The second kappa shape index (κ2) is 6.36. The van der Waals surface area contributed by atoms with E-state index in [4.69, 9.17) is 0 Å². The van der Waals surface area contributed by atoms with E-state index in [0.29, 0.717) is 11.6 Å². The van der Waals surface area contributed by atoms with Gasteiger partial charge in [0.05, 0.1) is 0 Å². The highest BCUT2D eigenvalue weighted by Crippen LogP contribution is 2.21. The maximum absolute atomic E-state index is 4.69. The minimum absolute atomic E-state index is 0.619. The van der Waals surface area contributed by atoms with E-state index in [2.05, 4.69) is 51.3 Å². The fourth-order valence-corrected chi connectivity index (χ4v) is 2.89. The average molecular weight is 329 g/mol. The molecular formula is C20H19N5. The van der Waals surface area contributed by atoms with Crippen molar-refractivity contribution in [2.75, 3.05) is 11.9 Å². The summed E-state index contributed by atoms with van der Waals surface area (Å²) < 4.78 is 1.82. The maximum atomic E-state index is 4.69. The normalized spacial score (nSPS) is 11.0. The van der Waals surface area contributed by atoms with E-state index < -0.39 is 0 Å². The van der Waals surface area contributed by atoms with Gasteiger partial charge in [0.1, 0.15) is 5.82 Å². The Labute approximate surface area is 146 Å². The van der Waals surface area contributed by atoms with E-state index >= 15 is 0 Å². The molecule has 2 heterocycles. The van der Waals surface area contributed by atoms with E-state index in [1.165, 1.54) is 5.56 Å². The molecule has 0 N–H and O–H groups in total. The van der Waals surface area contributed by atoms with Crippen LogP contribution in [0.3, 0.4) is 0 Å². The predicted molar refractivity (Wildman–Crippen MR) is 99.5 cm³/mol. The molecule has 4 rings (SSSR count). The molecule has 0 aliphatic heterocycles. The monoisotopic (exact) mass is 329 g/mol. The largest absolute Gasteiger partial charge is 0.355 e. The molecule has 25 heavy (non-hydrogen) atoms. The van der Waals surface area contributed by atoms with Gasteiger partial charge in [0.15, 0.2) is 5.82 Å². The van der Waals surface area contributed by atoms with Crippen LogP contribution < -0.4 is 4.90 Å². The lowest BCUT2D eigenvalue weighted by Gasteiger charge is -2.20. The zero-order valence-electron chi connectivity index (χ0n) is 14.3. The van der Waals surface area contributed by atoms with Gasteiger partial charge < -0.3 is 4.90 Å². The molecule has 4 aromatic rings. The minimum atomic E-state index is 0.619. The molecule has 2 aromatic carbocycles. The zero-order chi connectivity index (χ0) is 17.2. The van der Waals surface area contributed by atoms with Crippen LogP contribution >= 0.6 is 0 Å². The number of aromatic nitrogens is 4. The van der Waals surface area contributed by atoms with E-state index in [-0.39, 0.29) is 0 Å². The number of nitrogens with zero attached hydrogens (tertiary/aromatic N) is 5. The number of hydrogen-bond acceptors (Lipinski definition) is 4. The Morgan fingerprint density at radius 1 is 0.920 bits per heavy atom. The van der Waals surface area contributed by atoms with Crippen molar-refractivity contribution in [2.24, 2.45) is 0 Å². The number of anilines is 1. The molecule has 0 bridgehead atoms. The molecule has 0 fully saturated rings. The summed E-state index contributed by atoms with van der Waals surface area (Å²) in [5.41, 5.74) is 3.16. The smallest absolute Gasteiger partial charge is 0.254 e. The van der Waals surface area contributed by atoms with Crippen molar-refractivity contribution in [2.45, 2.75) is 13.5 Å². The molecule has 5 heteroatoms. The summed E-state index contributed by atoms with van der Waals surface area (Å²) in [6, 6.07) is 22.4. The maximum Gasteiger partial charge on any atom is 0.254 e. The summed E-state index contributed by atoms with van der Waals surface area (Å²) in [6.45, 7) is 2.77. The Kier molecular flexibility index (Phi) is 3.90. The SMILES string of the molecule is Cc1cc(N(C)Cc2ccccc2)n2nc(-c3ccccc3)nc2n1. The van der Waals surface area contributed by atoms with Gasteiger partial charge in [0, 0.05) is 30.9 Å². The minimum Gasteiger partial charge on any atom is -0.355 e. The second-order valence-electron chi connectivity index (χ2n) is 6.11. The first-order valence-electron chi connectivity index (χ1n) is 8.25. The first-order valence-corrected chi connectivity index (χ1v) is 8.25. The van der Waals surface area contributed by atoms with E-state index in [1.807, 2.05) is 53.9 Å². The lowest BCUT2D eigenvalue weighted by molar-refractivity contribution is 0.829. The third-order valence-corrected chi connectivity index (χ3v) is 4.11. The molecule has 0 amide bonds. The van der Waals surface area contributed by atoms with Crippen molar-refractivity contribution in [3.63, 3.8) is 0 Å². The number of rotatable bonds is 4. The van der Waals surface area contributed by atoms with E-state index in [1.54, 1.807) is 0 Å². The van der Waals surface area contributed by atoms with E-state index in [0.717, 1.165) is 23.6 Å². The van der Waals surface area contributed by atoms with Crippen molar-refractivity contribution in [1.29, 1.82) is 0 Å². The van der Waals surface area contributed by atoms with Gasteiger partial charge in [-0.25, -0.2) is 4.98 Å². The van der Waals surface area contributed by atoms with Crippen LogP contribution in [0.25, 0.3) is 17.2 Å². The fourth-order valence-electron chi connectivity index (χ4n) is 2.89. The number of aryl methyl sites for hydroxylation is 1. The molecule has 0 spiro atoms. The van der Waals surface area contributed by atoms with Crippen LogP contribution in [0.1, 0.15) is 11.3 Å². The third kappa shape index (κ3) is 3.08. The van der Waals surface area contributed by atoms with Crippen molar-refractivity contribution >= 4 is 11.6 Å². The number of benzene rings is 2. The van der Waals surface area contributed by atoms with Crippen molar-refractivity contribution in [3.8, 4) is 11.4 Å². The summed E-state index contributed by atoms with van der Waals surface area (Å²) in [7, 11) is 2.06. The lowest BCUT2D eigenvalue weighted by atomic mass is 10.2. The van der Waals surface area contributed by atoms with Crippen LogP contribution in [0.2, 0.25) is 0 Å². The lowest BCUT2D eigenvalue weighted by Crippen LogP contribution is -2.20. The topological polar surface area (TPSA) is 46.3 Å². The molecular weight excluding hydrogens is 310 g/mol. The van der Waals surface area contributed by atoms with Crippen molar-refractivity contribution in [1.82, 2.24) is 19.6 Å². The highest BCUT2D eigenvalue weighted by Gasteiger charge is 2.14. The Morgan fingerprint density at radius 2 is 1.60 bits per heavy atom. The third-order valence-electron chi connectivity index (χ3n) is 4.11. The molecule has 2 aromatic heterocycles. The van der Waals surface area contributed by atoms with Gasteiger partial charge in [-0.3, -0.25) is 0 Å². The van der Waals surface area contributed by atoms with Gasteiger partial charge >= 0.3 is 0 Å². The highest BCUT2D eigenvalue weighted by atomic mass is 15.4. The van der Waals surface area contributed by atoms with Crippen molar-refractivity contribution < 1.29 is 0 Å². The standard InChI is InChI=1S/C20H19N5/c1-15-13-18(24(2)14-16-9-5-3-6-10-16)25-20(21-15)22-19(23-25)17-11-7-4-8-12-17/h3-13H,14H2,1-2H3. The van der Waals surface area contributed by atoms with E-state index in [9.17, 15) is 0 Å². The highest BCUT2D eigenvalue weighted by molar-refractivity contribution is 5.58. The molecule has 5 nitrogen and oxygen atoms in total. The zero-order valence-corrected chi connectivity index (χ0v) is 14.3. The summed E-state index contributed by atoms with van der Waals surface area (Å²) in [4.78, 5) is 11.3. The first-order chi connectivity index (χ1) is 12.2. The Bertz CT molecular complexity index is 993. The average Bonchev–Trinajstić information content (AvgIpc) is 3.06. The summed E-state index contributed by atoms with van der Waals surface area (Å²) >= 11 is 0. The van der Waals surface area contributed by atoms with Gasteiger partial charge in [0.25, 0.3) is 5.78 Å². The summed E-state index contributed by atoms with van der Waals surface area (Å²) in [6.07, 6.45) is 0. The Hall–Kier alpha value is -3.21. The molecule has 0 radical (unpaired) electrons. The van der Waals surface area contributed by atoms with Crippen LogP contribution in [-0.4, -0.2) is 26.6 Å². The number of hydrogen-bond donors (Lipinski definition) is 0. The molecule has 0 aliphatic carbocycles. The predicted octanol–water partition coefficient (Wildman–Crippen LogP) is 3.74. The van der Waals surface area contributed by atoms with Crippen LogP contribution in [-0.2, 0) is 6.54 Å². The van der Waals surface area contributed by atoms with Gasteiger partial charge in [-0.2, -0.15) is 9.50 Å². The van der Waals surface area contributed by atoms with Gasteiger partial charge in [0.2, 0.25) is 0 Å². The first kappa shape index (κ1) is 15.3. The molecule has 0 unspecified atom stereocenters. The summed E-state index contributed by atoms with van der Waals surface area (Å²) in [5, 5.41) is 4.69. The fraction of sp³-hybridized carbons (Fsp3) is 0.150. The van der Waals surface area contributed by atoms with Crippen LogP contribution in [0.4, 0.5) is 5.82 Å². The molecule has 124 valence electrons. The Morgan fingerprint density at radius 3 is 2.32 bits per heavy atom. The van der Waals surface area contributed by atoms with Gasteiger partial charge in [-0.1, -0.05) is 60.7 Å². The van der Waals surface area contributed by atoms with Gasteiger partial charge in [-0.15, -0.1) is 5.10 Å². The Balaban J connectivity index is 1.76. The summed E-state index contributed by atoms with van der Waals surface area (Å²) in [5.74, 6) is 2.28. The van der Waals surface area contributed by atoms with Gasteiger partial charge in [-0.05, 0) is 12.5 Å². The van der Waals surface area contributed by atoms with Crippen LogP contribution in [0.15, 0.2) is 66.7 Å². The van der Waals surface area contributed by atoms with Crippen LogP contribution in [0.5, 0.6) is 0 Å². The quantitative estimate of drug-likeness (QED) is 0.572. The number of fused-ring (bicyclic) bond motifs is 1. The molecule has 0 aliphatic rings. The molecule has 0 saturated heterocycles.